The van der Waals surface area contributed by atoms with Crippen LogP contribution in [0, 0.1) is 0 Å². The highest BCUT2D eigenvalue weighted by Gasteiger charge is 2.38. The third-order valence-electron chi connectivity index (χ3n) is 5.36. The number of benzene rings is 2. The Morgan fingerprint density at radius 3 is 1.68 bits per heavy atom. The second kappa shape index (κ2) is 11.6. The maximum Gasteiger partial charge on any atom is 0.200 e. The molecule has 2 aromatic rings. The average Bonchev–Trinajstić information content (AvgIpc) is 2.83. The monoisotopic (exact) mass is 472 g/mol. The lowest BCUT2D eigenvalue weighted by atomic mass is 9.80. The van der Waals surface area contributed by atoms with Crippen molar-refractivity contribution in [3.63, 3.8) is 0 Å². The molecule has 34 heavy (non-hydrogen) atoms. The van der Waals surface area contributed by atoms with Gasteiger partial charge in [0.05, 0.1) is 41.0 Å². The third-order valence-corrected chi connectivity index (χ3v) is 5.36. The maximum absolute atomic E-state index is 13.5. The van der Waals surface area contributed by atoms with E-state index in [1.165, 1.54) is 0 Å². The van der Waals surface area contributed by atoms with Crippen molar-refractivity contribution in [2.24, 2.45) is 0 Å². The van der Waals surface area contributed by atoms with Gasteiger partial charge in [-0.25, -0.2) is 0 Å². The predicted octanol–water partition coefficient (Wildman–Crippen LogP) is -0.327. The molecule has 0 spiro atoms. The summed E-state index contributed by atoms with van der Waals surface area (Å²) in [7, 11) is 0. The fourth-order valence-electron chi connectivity index (χ4n) is 3.82. The molecule has 3 rings (SSSR count). The Labute approximate surface area is 195 Å². The summed E-state index contributed by atoms with van der Waals surface area (Å²) < 4.78 is 0. The van der Waals surface area contributed by atoms with Crippen molar-refractivity contribution in [3.05, 3.63) is 46.0 Å². The van der Waals surface area contributed by atoms with Crippen LogP contribution in [0.25, 0.3) is 0 Å². The van der Waals surface area contributed by atoms with Crippen LogP contribution in [0.3, 0.4) is 0 Å². The Balaban J connectivity index is 2.03. The highest BCUT2D eigenvalue weighted by atomic mass is 16.3. The van der Waals surface area contributed by atoms with Crippen LogP contribution in [0.15, 0.2) is 18.2 Å². The average molecular weight is 472 g/mol. The molecule has 11 nitrogen and oxygen atoms in total. The van der Waals surface area contributed by atoms with Gasteiger partial charge in [-0.1, -0.05) is 0 Å². The van der Waals surface area contributed by atoms with E-state index in [4.69, 9.17) is 10.2 Å². The lowest BCUT2D eigenvalue weighted by Crippen LogP contribution is -2.29. The summed E-state index contributed by atoms with van der Waals surface area (Å²) in [6.07, 6.45) is 0.298. The van der Waals surface area contributed by atoms with Crippen LogP contribution in [0.4, 0.5) is 11.4 Å². The lowest BCUT2D eigenvalue weighted by Gasteiger charge is -2.25. The first-order valence-electron chi connectivity index (χ1n) is 10.9. The molecule has 1 aliphatic carbocycles. The SMILES string of the molecule is O=Cc1cc(O)c2c(c1O)C(=O)c1c(NCCNCCO)ccc(NCCNCCO)c1C2=O. The van der Waals surface area contributed by atoms with Gasteiger partial charge in [0.1, 0.15) is 11.5 Å². The van der Waals surface area contributed by atoms with Crippen molar-refractivity contribution in [3.8, 4) is 11.5 Å². The number of anilines is 2. The molecule has 0 aromatic heterocycles. The Kier molecular flexibility index (Phi) is 8.55. The molecule has 182 valence electrons. The quantitative estimate of drug-likeness (QED) is 0.0927. The van der Waals surface area contributed by atoms with Gasteiger partial charge in [0.25, 0.3) is 0 Å². The van der Waals surface area contributed by atoms with E-state index in [1.807, 2.05) is 0 Å². The number of fused-ring (bicyclic) bond motifs is 2. The van der Waals surface area contributed by atoms with Crippen LogP contribution in [-0.4, -0.2) is 90.8 Å². The first-order chi connectivity index (χ1) is 16.5. The molecule has 1 aliphatic rings. The first kappa shape index (κ1) is 25.1. The number of carbonyl (C=O) groups is 3. The molecular formula is C23H28N4O7. The standard InChI is InChI=1S/C23H28N4O7/c28-9-7-24-3-5-26-14-1-2-15(27-6-4-25-8-10-29)18-17(14)22(33)19-16(31)11-13(12-30)21(32)20(19)23(18)34/h1-2,11-12,24-29,31-32H,3-10H2. The molecule has 8 N–H and O–H groups in total. The molecular weight excluding hydrogens is 444 g/mol. The van der Waals surface area contributed by atoms with E-state index >= 15 is 0 Å². The normalized spacial score (nSPS) is 12.3. The molecule has 0 fully saturated rings. The molecule has 0 bridgehead atoms. The van der Waals surface area contributed by atoms with Crippen molar-refractivity contribution < 1.29 is 34.8 Å². The predicted molar refractivity (Wildman–Crippen MR) is 125 cm³/mol. The number of phenolic OH excluding ortho intramolecular Hbond substituents is 2. The van der Waals surface area contributed by atoms with E-state index in [0.29, 0.717) is 56.9 Å². The zero-order valence-corrected chi connectivity index (χ0v) is 18.5. The van der Waals surface area contributed by atoms with Gasteiger partial charge in [0.15, 0.2) is 6.29 Å². The molecule has 0 amide bonds. The largest absolute Gasteiger partial charge is 0.507 e. The number of ketones is 2. The Morgan fingerprint density at radius 2 is 1.21 bits per heavy atom. The van der Waals surface area contributed by atoms with Crippen LogP contribution >= 0.6 is 0 Å². The van der Waals surface area contributed by atoms with Gasteiger partial charge in [-0.15, -0.1) is 0 Å². The number of hydrogen-bond donors (Lipinski definition) is 8. The van der Waals surface area contributed by atoms with Crippen LogP contribution in [0.2, 0.25) is 0 Å². The van der Waals surface area contributed by atoms with E-state index in [-0.39, 0.29) is 35.5 Å². The number of hydrogen-bond acceptors (Lipinski definition) is 11. The van der Waals surface area contributed by atoms with Gasteiger partial charge in [0, 0.05) is 50.6 Å². The number of aromatic hydroxyl groups is 2. The van der Waals surface area contributed by atoms with Crippen LogP contribution in [-0.2, 0) is 0 Å². The van der Waals surface area contributed by atoms with Crippen molar-refractivity contribution in [2.75, 3.05) is 63.1 Å². The number of aldehydes is 1. The molecule has 11 heteroatoms. The summed E-state index contributed by atoms with van der Waals surface area (Å²) in [5.74, 6) is -2.59. The molecule has 0 atom stereocenters. The van der Waals surface area contributed by atoms with Crippen LogP contribution in [0.5, 0.6) is 11.5 Å². The molecule has 0 saturated carbocycles. The highest BCUT2D eigenvalue weighted by molar-refractivity contribution is 6.34. The maximum atomic E-state index is 13.5. The molecule has 0 radical (unpaired) electrons. The minimum atomic E-state index is -0.700. The summed E-state index contributed by atoms with van der Waals surface area (Å²) in [5, 5.41) is 50.9. The fourth-order valence-corrected chi connectivity index (χ4v) is 3.82. The number of rotatable bonds is 13. The smallest absolute Gasteiger partial charge is 0.200 e. The van der Waals surface area contributed by atoms with E-state index in [0.717, 1.165) is 6.07 Å². The number of aliphatic hydroxyl groups excluding tert-OH is 2. The number of carbonyl (C=O) groups excluding carboxylic acids is 3. The molecule has 0 saturated heterocycles. The molecule has 0 unspecified atom stereocenters. The van der Waals surface area contributed by atoms with Crippen LogP contribution in [0.1, 0.15) is 42.2 Å². The summed E-state index contributed by atoms with van der Waals surface area (Å²) in [4.78, 5) is 38.3. The zero-order valence-electron chi connectivity index (χ0n) is 18.5. The lowest BCUT2D eigenvalue weighted by molar-refractivity contribution is 0.0974. The molecule has 2 aromatic carbocycles. The van der Waals surface area contributed by atoms with Gasteiger partial charge in [-0.2, -0.15) is 0 Å². The van der Waals surface area contributed by atoms with E-state index in [1.54, 1.807) is 12.1 Å². The zero-order chi connectivity index (χ0) is 24.7. The van der Waals surface area contributed by atoms with Gasteiger partial charge >= 0.3 is 0 Å². The molecule has 0 aliphatic heterocycles. The van der Waals surface area contributed by atoms with Gasteiger partial charge in [-0.3, -0.25) is 14.4 Å². The van der Waals surface area contributed by atoms with E-state index < -0.39 is 28.6 Å². The minimum Gasteiger partial charge on any atom is -0.507 e. The number of nitrogens with one attached hydrogen (secondary N) is 4. The molecule has 0 heterocycles. The number of aliphatic hydroxyl groups is 2. The van der Waals surface area contributed by atoms with Gasteiger partial charge in [-0.05, 0) is 18.2 Å². The third kappa shape index (κ3) is 5.02. The summed E-state index contributed by atoms with van der Waals surface area (Å²) in [6.45, 7) is 2.51. The van der Waals surface area contributed by atoms with Crippen molar-refractivity contribution >= 4 is 29.2 Å². The van der Waals surface area contributed by atoms with Gasteiger partial charge < -0.3 is 41.7 Å². The van der Waals surface area contributed by atoms with Gasteiger partial charge in [0.2, 0.25) is 11.6 Å². The fraction of sp³-hybridized carbons (Fsp3) is 0.348. The van der Waals surface area contributed by atoms with Crippen LogP contribution < -0.4 is 21.3 Å². The van der Waals surface area contributed by atoms with Crippen molar-refractivity contribution in [2.45, 2.75) is 0 Å². The highest BCUT2D eigenvalue weighted by Crippen LogP contribution is 2.43. The number of phenols is 2. The van der Waals surface area contributed by atoms with E-state index in [9.17, 15) is 24.6 Å². The van der Waals surface area contributed by atoms with Crippen molar-refractivity contribution in [1.82, 2.24) is 10.6 Å². The summed E-state index contributed by atoms with van der Waals surface area (Å²) >= 11 is 0. The van der Waals surface area contributed by atoms with Crippen molar-refractivity contribution in [1.29, 1.82) is 0 Å². The topological polar surface area (TPSA) is 180 Å². The second-order valence-corrected chi connectivity index (χ2v) is 7.57. The Bertz CT molecular complexity index is 1090. The minimum absolute atomic E-state index is 0.0156. The second-order valence-electron chi connectivity index (χ2n) is 7.57. The summed E-state index contributed by atoms with van der Waals surface area (Å²) in [6, 6.07) is 4.23. The first-order valence-corrected chi connectivity index (χ1v) is 10.9. The summed E-state index contributed by atoms with van der Waals surface area (Å²) in [5.41, 5.74) is -0.289. The Morgan fingerprint density at radius 1 is 0.706 bits per heavy atom. The van der Waals surface area contributed by atoms with E-state index in [2.05, 4.69) is 21.3 Å². The Hall–Kier alpha value is -3.51.